The third kappa shape index (κ3) is 12.1. The lowest BCUT2D eigenvalue weighted by Crippen LogP contribution is -2.04. The molecule has 0 aliphatic heterocycles. The molecule has 0 aliphatic rings. The Morgan fingerprint density at radius 2 is 1.79 bits per heavy atom. The average Bonchev–Trinajstić information content (AvgIpc) is 2.08. The van der Waals surface area contributed by atoms with Gasteiger partial charge >= 0.3 is 7.82 Å². The standard InChI is InChI=1S/C8H19O5P/c1-2-3-4-5-6-12-7-8-13-14(9,10)11/h2-8H2,1H3,(H2,9,10,11). The Morgan fingerprint density at radius 1 is 1.07 bits per heavy atom. The van der Waals surface area contributed by atoms with Gasteiger partial charge in [-0.25, -0.2) is 4.57 Å². The van der Waals surface area contributed by atoms with Crippen molar-refractivity contribution in [1.29, 1.82) is 0 Å². The predicted octanol–water partition coefficient (Wildman–Crippen LogP) is 1.69. The molecule has 5 nitrogen and oxygen atoms in total. The van der Waals surface area contributed by atoms with Gasteiger partial charge in [0.15, 0.2) is 0 Å². The van der Waals surface area contributed by atoms with Crippen LogP contribution in [0.1, 0.15) is 32.6 Å². The first-order valence-electron chi connectivity index (χ1n) is 4.84. The second-order valence-electron chi connectivity index (χ2n) is 3.00. The van der Waals surface area contributed by atoms with E-state index in [9.17, 15) is 4.57 Å². The lowest BCUT2D eigenvalue weighted by molar-refractivity contribution is 0.0832. The molecule has 0 unspecified atom stereocenters. The summed E-state index contributed by atoms with van der Waals surface area (Å²) in [5.41, 5.74) is 0. The smallest absolute Gasteiger partial charge is 0.379 e. The fourth-order valence-electron chi connectivity index (χ4n) is 0.948. The third-order valence-corrected chi connectivity index (χ3v) is 2.15. The van der Waals surface area contributed by atoms with Gasteiger partial charge in [0.1, 0.15) is 0 Å². The second-order valence-corrected chi connectivity index (χ2v) is 4.24. The molecule has 2 N–H and O–H groups in total. The normalized spacial score (nSPS) is 11.9. The Morgan fingerprint density at radius 3 is 2.36 bits per heavy atom. The zero-order chi connectivity index (χ0) is 10.9. The Labute approximate surface area is 84.7 Å². The van der Waals surface area contributed by atoms with Crippen molar-refractivity contribution >= 4 is 7.82 Å². The fraction of sp³-hybridized carbons (Fsp3) is 1.00. The summed E-state index contributed by atoms with van der Waals surface area (Å²) in [6, 6.07) is 0. The van der Waals surface area contributed by atoms with Crippen molar-refractivity contribution in [2.24, 2.45) is 0 Å². The predicted molar refractivity (Wildman–Crippen MR) is 53.0 cm³/mol. The molecule has 0 aromatic rings. The summed E-state index contributed by atoms with van der Waals surface area (Å²) in [7, 11) is -4.31. The van der Waals surface area contributed by atoms with Crippen LogP contribution in [0.2, 0.25) is 0 Å². The van der Waals surface area contributed by atoms with Crippen LogP contribution in [0.5, 0.6) is 0 Å². The number of phosphoric ester groups is 1. The van der Waals surface area contributed by atoms with Gasteiger partial charge in [-0.05, 0) is 6.42 Å². The topological polar surface area (TPSA) is 76.0 Å². The number of unbranched alkanes of at least 4 members (excludes halogenated alkanes) is 3. The monoisotopic (exact) mass is 226 g/mol. The number of rotatable bonds is 9. The van der Waals surface area contributed by atoms with Crippen molar-refractivity contribution in [3.63, 3.8) is 0 Å². The van der Waals surface area contributed by atoms with Gasteiger partial charge in [0, 0.05) is 6.61 Å². The number of phosphoric acid groups is 1. The molecule has 0 radical (unpaired) electrons. The van der Waals surface area contributed by atoms with Crippen LogP contribution in [0.4, 0.5) is 0 Å². The van der Waals surface area contributed by atoms with E-state index in [0.29, 0.717) is 6.61 Å². The number of ether oxygens (including phenoxy) is 1. The zero-order valence-electron chi connectivity index (χ0n) is 8.52. The molecule has 0 aliphatic carbocycles. The molecule has 86 valence electrons. The van der Waals surface area contributed by atoms with Crippen LogP contribution in [0, 0.1) is 0 Å². The second kappa shape index (κ2) is 8.38. The summed E-state index contributed by atoms with van der Waals surface area (Å²) in [6.45, 7) is 2.94. The van der Waals surface area contributed by atoms with E-state index in [-0.39, 0.29) is 13.2 Å². The highest BCUT2D eigenvalue weighted by molar-refractivity contribution is 7.46. The maximum atomic E-state index is 10.2. The minimum Gasteiger partial charge on any atom is -0.379 e. The number of hydrogen-bond donors (Lipinski definition) is 2. The highest BCUT2D eigenvalue weighted by Gasteiger charge is 2.12. The molecule has 14 heavy (non-hydrogen) atoms. The molecule has 0 bridgehead atoms. The summed E-state index contributed by atoms with van der Waals surface area (Å²) in [4.78, 5) is 16.6. The summed E-state index contributed by atoms with van der Waals surface area (Å²) in [6.07, 6.45) is 4.50. The molecule has 0 aromatic heterocycles. The van der Waals surface area contributed by atoms with Crippen LogP contribution < -0.4 is 0 Å². The molecule has 0 heterocycles. The van der Waals surface area contributed by atoms with E-state index in [0.717, 1.165) is 12.8 Å². The van der Waals surface area contributed by atoms with Crippen molar-refractivity contribution in [3.8, 4) is 0 Å². The van der Waals surface area contributed by atoms with E-state index >= 15 is 0 Å². The molecule has 0 amide bonds. The van der Waals surface area contributed by atoms with E-state index in [1.807, 2.05) is 0 Å². The van der Waals surface area contributed by atoms with Gasteiger partial charge in [-0.3, -0.25) is 4.52 Å². The van der Waals surface area contributed by atoms with Crippen molar-refractivity contribution in [2.45, 2.75) is 32.6 Å². The first-order chi connectivity index (χ1) is 6.56. The molecule has 0 saturated heterocycles. The van der Waals surface area contributed by atoms with Gasteiger partial charge in [0.2, 0.25) is 0 Å². The molecule has 0 spiro atoms. The molecule has 0 fully saturated rings. The molecule has 0 aromatic carbocycles. The van der Waals surface area contributed by atoms with Crippen molar-refractivity contribution in [3.05, 3.63) is 0 Å². The molecular weight excluding hydrogens is 207 g/mol. The largest absolute Gasteiger partial charge is 0.469 e. The van der Waals surface area contributed by atoms with Gasteiger partial charge in [-0.15, -0.1) is 0 Å². The maximum absolute atomic E-state index is 10.2. The van der Waals surface area contributed by atoms with Crippen molar-refractivity contribution < 1.29 is 23.6 Å². The van der Waals surface area contributed by atoms with Crippen molar-refractivity contribution in [1.82, 2.24) is 0 Å². The van der Waals surface area contributed by atoms with Crippen LogP contribution in [0.25, 0.3) is 0 Å². The van der Waals surface area contributed by atoms with E-state index in [4.69, 9.17) is 14.5 Å². The van der Waals surface area contributed by atoms with Crippen LogP contribution >= 0.6 is 7.82 Å². The highest BCUT2D eigenvalue weighted by atomic mass is 31.2. The lowest BCUT2D eigenvalue weighted by Gasteiger charge is -2.05. The zero-order valence-corrected chi connectivity index (χ0v) is 9.41. The fourth-order valence-corrected chi connectivity index (χ4v) is 1.26. The first kappa shape index (κ1) is 14.1. The Kier molecular flexibility index (Phi) is 8.43. The van der Waals surface area contributed by atoms with Crippen molar-refractivity contribution in [2.75, 3.05) is 19.8 Å². The highest BCUT2D eigenvalue weighted by Crippen LogP contribution is 2.35. The van der Waals surface area contributed by atoms with Gasteiger partial charge in [-0.2, -0.15) is 0 Å². The molecule has 0 rings (SSSR count). The summed E-state index contributed by atoms with van der Waals surface area (Å²) >= 11 is 0. The van der Waals surface area contributed by atoms with E-state index in [1.54, 1.807) is 0 Å². The Bertz CT molecular complexity index is 167. The summed E-state index contributed by atoms with van der Waals surface area (Å²) in [5, 5.41) is 0. The molecule has 6 heteroatoms. The maximum Gasteiger partial charge on any atom is 0.469 e. The summed E-state index contributed by atoms with van der Waals surface area (Å²) in [5.74, 6) is 0. The van der Waals surface area contributed by atoms with Crippen LogP contribution in [-0.2, 0) is 13.8 Å². The average molecular weight is 226 g/mol. The minimum absolute atomic E-state index is 0.0575. The Balaban J connectivity index is 3.03. The lowest BCUT2D eigenvalue weighted by atomic mass is 10.2. The SMILES string of the molecule is CCCCCCOCCOP(=O)(O)O. The quantitative estimate of drug-likeness (QED) is 0.462. The van der Waals surface area contributed by atoms with Gasteiger partial charge in [-0.1, -0.05) is 26.2 Å². The van der Waals surface area contributed by atoms with Gasteiger partial charge in [0.05, 0.1) is 13.2 Å². The molecular formula is C8H19O5P. The van der Waals surface area contributed by atoms with E-state index in [1.165, 1.54) is 12.8 Å². The first-order valence-corrected chi connectivity index (χ1v) is 6.37. The van der Waals surface area contributed by atoms with Gasteiger partial charge in [0.25, 0.3) is 0 Å². The number of hydrogen-bond acceptors (Lipinski definition) is 3. The Hall–Kier alpha value is 0.0700. The molecule has 0 atom stereocenters. The van der Waals surface area contributed by atoms with Gasteiger partial charge < -0.3 is 14.5 Å². The van der Waals surface area contributed by atoms with Crippen LogP contribution in [-0.4, -0.2) is 29.6 Å². The van der Waals surface area contributed by atoms with Crippen LogP contribution in [0.3, 0.4) is 0 Å². The van der Waals surface area contributed by atoms with E-state index < -0.39 is 7.82 Å². The third-order valence-electron chi connectivity index (χ3n) is 1.63. The minimum atomic E-state index is -4.31. The van der Waals surface area contributed by atoms with E-state index in [2.05, 4.69) is 11.4 Å². The summed E-state index contributed by atoms with van der Waals surface area (Å²) < 4.78 is 19.5. The molecule has 0 saturated carbocycles. The van der Waals surface area contributed by atoms with Crippen LogP contribution in [0.15, 0.2) is 0 Å².